The molecule has 1 saturated heterocycles. The Bertz CT molecular complexity index is 1840. The van der Waals surface area contributed by atoms with Crippen molar-refractivity contribution >= 4 is 94.0 Å². The van der Waals surface area contributed by atoms with Crippen molar-refractivity contribution in [2.75, 3.05) is 37.8 Å². The number of ether oxygens (including phenoxy) is 1. The van der Waals surface area contributed by atoms with E-state index in [-0.39, 0.29) is 61.1 Å². The second kappa shape index (κ2) is 20.4. The maximum absolute atomic E-state index is 12.6. The summed E-state index contributed by atoms with van der Waals surface area (Å²) < 4.78 is 61.8. The fraction of sp³-hybridized carbons (Fsp3) is 0.625. The maximum atomic E-state index is 12.6. The number of carbonyl (C=O) groups excluding carboxylic acids is 3. The molecule has 0 aliphatic carbocycles. The van der Waals surface area contributed by atoms with Crippen molar-refractivity contribution in [1.29, 1.82) is 0 Å². The molecule has 2 amide bonds. The Labute approximate surface area is 326 Å². The quantitative estimate of drug-likeness (QED) is 0.0274. The van der Waals surface area contributed by atoms with Gasteiger partial charge in [0.2, 0.25) is 11.8 Å². The van der Waals surface area contributed by atoms with Crippen LogP contribution in [0.2, 0.25) is 0 Å². The Balaban J connectivity index is 0.0000105. The molecule has 1 fully saturated rings. The van der Waals surface area contributed by atoms with Crippen LogP contribution in [0.25, 0.3) is 11.2 Å². The summed E-state index contributed by atoms with van der Waals surface area (Å²) in [5.41, 5.74) is 4.19. The van der Waals surface area contributed by atoms with E-state index in [1.807, 2.05) is 0 Å². The molecule has 1 aliphatic heterocycles. The normalized spacial score (nSPS) is 21.5. The van der Waals surface area contributed by atoms with Crippen LogP contribution in [0.15, 0.2) is 12.7 Å². The minimum Gasteiger partial charge on any atom is -0.481 e. The SMILES string of the molecule is CC(C)(COP(=O)(O)OP(=O)(O)OCC1OC(n2cnc3c(N)ncnc32)C(O)C1OP(=O)(O)O)C(O)C(=O)NCCC(=O)NCCSC(=O)CC(=O)O.[Li]. The van der Waals surface area contributed by atoms with Gasteiger partial charge in [-0.25, -0.2) is 28.6 Å². The third-order valence-electron chi connectivity index (χ3n) is 7.06. The second-order valence-electron chi connectivity index (χ2n) is 11.9. The number of nitrogens with two attached hydrogens (primary N) is 1. The molecule has 3 heterocycles. The fourth-order valence-electron chi connectivity index (χ4n) is 4.47. The van der Waals surface area contributed by atoms with Gasteiger partial charge in [-0.3, -0.25) is 37.3 Å². The number of fused-ring (bicyclic) bond motifs is 1. The first-order valence-corrected chi connectivity index (χ1v) is 20.7. The first-order valence-electron chi connectivity index (χ1n) is 15.2. The van der Waals surface area contributed by atoms with Gasteiger partial charge in [0.25, 0.3) is 0 Å². The minimum absolute atomic E-state index is 0. The molecule has 55 heavy (non-hydrogen) atoms. The molecule has 1 radical (unpaired) electrons. The number of thioether (sulfide) groups is 1. The van der Waals surface area contributed by atoms with Crippen LogP contribution in [-0.4, -0.2) is 153 Å². The van der Waals surface area contributed by atoms with Crippen LogP contribution in [-0.2, 0) is 55.5 Å². The van der Waals surface area contributed by atoms with Crippen LogP contribution in [0.3, 0.4) is 0 Å². The number of nitrogen functional groups attached to an aromatic ring is 1. The Hall–Kier alpha value is -2.37. The van der Waals surface area contributed by atoms with E-state index in [1.54, 1.807) is 0 Å². The Morgan fingerprint density at radius 2 is 1.71 bits per heavy atom. The van der Waals surface area contributed by atoms with Crippen LogP contribution in [0, 0.1) is 5.41 Å². The molecule has 0 bridgehead atoms. The molecule has 7 unspecified atom stereocenters. The number of carboxylic acids is 1. The summed E-state index contributed by atoms with van der Waals surface area (Å²) in [6.45, 7) is 0.132. The van der Waals surface area contributed by atoms with E-state index >= 15 is 0 Å². The zero-order valence-corrected chi connectivity index (χ0v) is 32.6. The molecule has 26 nitrogen and oxygen atoms in total. The summed E-state index contributed by atoms with van der Waals surface area (Å²) in [5, 5.41) is 34.0. The Morgan fingerprint density at radius 1 is 1.05 bits per heavy atom. The number of carboxylic acid groups (broad SMARTS) is 1. The van der Waals surface area contributed by atoms with Crippen LogP contribution in [0.5, 0.6) is 0 Å². The number of amides is 2. The topological polar surface area (TPSA) is 401 Å². The smallest absolute Gasteiger partial charge is 0.481 e. The number of carbonyl (C=O) groups is 4. The van der Waals surface area contributed by atoms with Gasteiger partial charge >= 0.3 is 29.4 Å². The minimum atomic E-state index is -5.59. The number of phosphoric ester groups is 3. The number of imidazole rings is 1. The van der Waals surface area contributed by atoms with E-state index in [1.165, 1.54) is 13.8 Å². The molecule has 31 heteroatoms. The van der Waals surface area contributed by atoms with Gasteiger partial charge in [0.05, 0.1) is 19.5 Å². The Morgan fingerprint density at radius 3 is 2.35 bits per heavy atom. The molecule has 11 N–H and O–H groups in total. The van der Waals surface area contributed by atoms with Crippen LogP contribution < -0.4 is 16.4 Å². The van der Waals surface area contributed by atoms with Crippen LogP contribution >= 0.6 is 35.2 Å². The van der Waals surface area contributed by atoms with Crippen LogP contribution in [0.1, 0.15) is 32.9 Å². The summed E-state index contributed by atoms with van der Waals surface area (Å²) in [4.78, 5) is 97.0. The van der Waals surface area contributed by atoms with Crippen molar-refractivity contribution in [3.05, 3.63) is 12.7 Å². The number of hydrogen-bond acceptors (Lipinski definition) is 19. The van der Waals surface area contributed by atoms with Gasteiger partial charge in [-0.05, 0) is 0 Å². The van der Waals surface area contributed by atoms with E-state index in [0.717, 1.165) is 29.0 Å². The molecule has 2 aromatic heterocycles. The number of nitrogens with one attached hydrogen (secondary N) is 2. The van der Waals surface area contributed by atoms with Gasteiger partial charge in [0.1, 0.15) is 42.7 Å². The summed E-state index contributed by atoms with van der Waals surface area (Å²) >= 11 is 0.718. The molecule has 305 valence electrons. The van der Waals surface area contributed by atoms with Crippen molar-refractivity contribution in [1.82, 2.24) is 30.2 Å². The van der Waals surface area contributed by atoms with E-state index < -0.39 is 102 Å². The summed E-state index contributed by atoms with van der Waals surface area (Å²) in [6.07, 6.45) is -7.78. The van der Waals surface area contributed by atoms with Gasteiger partial charge in [-0.15, -0.1) is 0 Å². The number of aromatic nitrogens is 4. The maximum Gasteiger partial charge on any atom is 0.481 e. The molecule has 1 aliphatic rings. The number of aliphatic hydroxyl groups is 2. The van der Waals surface area contributed by atoms with Gasteiger partial charge in [0.15, 0.2) is 22.8 Å². The van der Waals surface area contributed by atoms with Crippen molar-refractivity contribution in [2.45, 2.75) is 57.3 Å². The number of aliphatic hydroxyl groups excluding tert-OH is 2. The predicted octanol–water partition coefficient (Wildman–Crippen LogP) is -2.24. The number of rotatable bonds is 21. The third-order valence-corrected chi connectivity index (χ3v) is 11.0. The van der Waals surface area contributed by atoms with E-state index in [4.69, 9.17) is 24.6 Å². The zero-order chi connectivity index (χ0) is 40.6. The zero-order valence-electron chi connectivity index (χ0n) is 29.1. The third kappa shape index (κ3) is 15.1. The summed E-state index contributed by atoms with van der Waals surface area (Å²) in [5.74, 6) is -2.80. The molecule has 0 saturated carbocycles. The first kappa shape index (κ1) is 48.8. The number of aliphatic carboxylic acids is 1. The largest absolute Gasteiger partial charge is 0.481 e. The Kier molecular flexibility index (Phi) is 18.1. The predicted molar refractivity (Wildman–Crippen MR) is 185 cm³/mol. The summed E-state index contributed by atoms with van der Waals surface area (Å²) in [7, 11) is -16.4. The molecule has 2 aromatic rings. The van der Waals surface area contributed by atoms with Crippen molar-refractivity contribution in [2.24, 2.45) is 5.41 Å². The van der Waals surface area contributed by atoms with Gasteiger partial charge in [0, 0.05) is 49.5 Å². The van der Waals surface area contributed by atoms with Gasteiger partial charge in [-0.2, -0.15) is 4.31 Å². The number of hydrogen-bond donors (Lipinski definition) is 10. The fourth-order valence-corrected chi connectivity index (χ4v) is 7.96. The van der Waals surface area contributed by atoms with Crippen LogP contribution in [0.4, 0.5) is 5.82 Å². The standard InChI is InChI=1S/C24H38N7O19P3S.Li/c1-24(2,19(37)22(38)27-4-3-13(32)26-5-6-54-15(35)7-14(33)34)9-47-53(44,45)50-52(42,43)46-8-12-18(49-51(39,40)41)17(36)23(48-12)31-11-30-16-20(25)28-10-29-21(16)31;/h10-12,17-19,23,36-37H,3-9H2,1-2H3,(H,26,32)(H,27,38)(H,33,34)(H,42,43)(H,44,45)(H2,25,28,29)(H2,39,40,41);. The van der Waals surface area contributed by atoms with E-state index in [2.05, 4.69) is 34.4 Å². The average Bonchev–Trinajstić information content (AvgIpc) is 3.60. The number of phosphoric acid groups is 3. The van der Waals surface area contributed by atoms with Crippen molar-refractivity contribution in [3.63, 3.8) is 0 Å². The summed E-state index contributed by atoms with van der Waals surface area (Å²) in [6, 6.07) is 0. The van der Waals surface area contributed by atoms with Crippen molar-refractivity contribution < 1.29 is 90.4 Å². The molecular formula is C24H38LiN7O19P3S. The monoisotopic (exact) mass is 860 g/mol. The molecule has 0 spiro atoms. The number of anilines is 1. The average molecular weight is 861 g/mol. The second-order valence-corrected chi connectivity index (χ2v) is 17.2. The van der Waals surface area contributed by atoms with Gasteiger partial charge < -0.3 is 56.0 Å². The van der Waals surface area contributed by atoms with E-state index in [0.29, 0.717) is 0 Å². The van der Waals surface area contributed by atoms with Crippen molar-refractivity contribution in [3.8, 4) is 0 Å². The van der Waals surface area contributed by atoms with Gasteiger partial charge in [-0.1, -0.05) is 25.6 Å². The molecule has 7 atom stereocenters. The molecular weight excluding hydrogens is 822 g/mol. The number of nitrogens with zero attached hydrogens (tertiary/aromatic N) is 4. The molecule has 3 rings (SSSR count). The first-order chi connectivity index (χ1) is 24.9. The molecule has 0 aromatic carbocycles. The van der Waals surface area contributed by atoms with E-state index in [9.17, 15) is 62.7 Å².